The van der Waals surface area contributed by atoms with E-state index in [2.05, 4.69) is 10.6 Å². The standard InChI is InChI=1S/C27H22ClN3O6/c1-16-8-10-18(14-21(16)28)29-24(32)15-37-22-11-9-17(13-23(22)36-2)12-20-25(33)30-27(35)31(26(20)34)19-6-4-3-5-7-19/h3-14H,15H2,1-2H3,(H,29,32)(H,30,33,35)/b20-12-. The molecule has 0 bridgehead atoms. The van der Waals surface area contributed by atoms with Crippen LogP contribution in [0.1, 0.15) is 11.1 Å². The van der Waals surface area contributed by atoms with E-state index in [4.69, 9.17) is 21.1 Å². The van der Waals surface area contributed by atoms with Crippen LogP contribution in [0.5, 0.6) is 11.5 Å². The summed E-state index contributed by atoms with van der Waals surface area (Å²) in [6.07, 6.45) is 1.35. The van der Waals surface area contributed by atoms with Crippen molar-refractivity contribution < 1.29 is 28.7 Å². The Morgan fingerprint density at radius 3 is 2.49 bits per heavy atom. The second-order valence-corrected chi connectivity index (χ2v) is 8.41. The van der Waals surface area contributed by atoms with Gasteiger partial charge in [-0.15, -0.1) is 0 Å². The number of nitrogens with one attached hydrogen (secondary N) is 2. The Kier molecular flexibility index (Phi) is 7.55. The van der Waals surface area contributed by atoms with Gasteiger partial charge in [-0.05, 0) is 60.5 Å². The monoisotopic (exact) mass is 519 g/mol. The van der Waals surface area contributed by atoms with Gasteiger partial charge in [0.2, 0.25) is 0 Å². The second-order valence-electron chi connectivity index (χ2n) is 8.00. The van der Waals surface area contributed by atoms with Crippen LogP contribution in [0.2, 0.25) is 5.02 Å². The van der Waals surface area contributed by atoms with Crippen molar-refractivity contribution in [2.45, 2.75) is 6.92 Å². The van der Waals surface area contributed by atoms with Gasteiger partial charge in [0.1, 0.15) is 5.57 Å². The number of hydrogen-bond acceptors (Lipinski definition) is 6. The van der Waals surface area contributed by atoms with Gasteiger partial charge in [0.15, 0.2) is 18.1 Å². The van der Waals surface area contributed by atoms with Gasteiger partial charge < -0.3 is 14.8 Å². The first-order chi connectivity index (χ1) is 17.8. The van der Waals surface area contributed by atoms with Crippen LogP contribution >= 0.6 is 11.6 Å². The number of aryl methyl sites for hydroxylation is 1. The lowest BCUT2D eigenvalue weighted by molar-refractivity contribution is -0.122. The summed E-state index contributed by atoms with van der Waals surface area (Å²) in [5.41, 5.74) is 1.98. The van der Waals surface area contributed by atoms with E-state index >= 15 is 0 Å². The number of imide groups is 2. The van der Waals surface area contributed by atoms with Gasteiger partial charge in [0.25, 0.3) is 17.7 Å². The molecule has 0 unspecified atom stereocenters. The number of methoxy groups -OCH3 is 1. The lowest BCUT2D eigenvalue weighted by Crippen LogP contribution is -2.54. The van der Waals surface area contributed by atoms with Crippen LogP contribution < -0.4 is 25.0 Å². The second kappa shape index (κ2) is 11.0. The summed E-state index contributed by atoms with van der Waals surface area (Å²) in [4.78, 5) is 50.9. The lowest BCUT2D eigenvalue weighted by Gasteiger charge is -2.26. The number of carbonyl (C=O) groups is 4. The third kappa shape index (κ3) is 5.79. The number of anilines is 2. The Balaban J connectivity index is 1.49. The predicted octanol–water partition coefficient (Wildman–Crippen LogP) is 4.34. The number of amides is 5. The summed E-state index contributed by atoms with van der Waals surface area (Å²) in [5, 5.41) is 5.41. The molecule has 3 aromatic rings. The quantitative estimate of drug-likeness (QED) is 0.354. The summed E-state index contributed by atoms with van der Waals surface area (Å²) in [7, 11) is 1.42. The average Bonchev–Trinajstić information content (AvgIpc) is 2.88. The van der Waals surface area contributed by atoms with Gasteiger partial charge in [-0.2, -0.15) is 0 Å². The summed E-state index contributed by atoms with van der Waals surface area (Å²) < 4.78 is 11.0. The first-order valence-electron chi connectivity index (χ1n) is 11.1. The SMILES string of the molecule is COc1cc(/C=C2/C(=O)NC(=O)N(c3ccccc3)C2=O)ccc1OCC(=O)Nc1ccc(C)c(Cl)c1. The minimum Gasteiger partial charge on any atom is -0.493 e. The molecular formula is C27H22ClN3O6. The lowest BCUT2D eigenvalue weighted by atomic mass is 10.1. The number of benzene rings is 3. The third-order valence-corrected chi connectivity index (χ3v) is 5.84. The Morgan fingerprint density at radius 2 is 1.78 bits per heavy atom. The highest BCUT2D eigenvalue weighted by Crippen LogP contribution is 2.30. The molecule has 10 heteroatoms. The zero-order chi connectivity index (χ0) is 26.5. The van der Waals surface area contributed by atoms with Gasteiger partial charge in [0.05, 0.1) is 12.8 Å². The van der Waals surface area contributed by atoms with E-state index < -0.39 is 23.8 Å². The molecule has 3 aromatic carbocycles. The van der Waals surface area contributed by atoms with E-state index in [0.717, 1.165) is 10.5 Å². The van der Waals surface area contributed by atoms with E-state index in [9.17, 15) is 19.2 Å². The molecule has 0 spiro atoms. The Bertz CT molecular complexity index is 1420. The number of halogens is 1. The van der Waals surface area contributed by atoms with Crippen molar-refractivity contribution in [3.63, 3.8) is 0 Å². The number of nitrogens with zero attached hydrogens (tertiary/aromatic N) is 1. The molecule has 2 N–H and O–H groups in total. The Labute approximate surface area is 217 Å². The fourth-order valence-electron chi connectivity index (χ4n) is 3.54. The molecule has 1 heterocycles. The maximum atomic E-state index is 13.0. The molecule has 0 atom stereocenters. The van der Waals surface area contributed by atoms with Crippen LogP contribution in [0.15, 0.2) is 72.3 Å². The van der Waals surface area contributed by atoms with Gasteiger partial charge in [-0.1, -0.05) is 41.9 Å². The number of urea groups is 1. The highest BCUT2D eigenvalue weighted by atomic mass is 35.5. The molecule has 188 valence electrons. The molecule has 37 heavy (non-hydrogen) atoms. The van der Waals surface area contributed by atoms with E-state index in [1.807, 2.05) is 6.92 Å². The number of para-hydroxylation sites is 1. The Morgan fingerprint density at radius 1 is 1.03 bits per heavy atom. The molecule has 0 saturated carbocycles. The number of barbiturate groups is 1. The smallest absolute Gasteiger partial charge is 0.335 e. The molecule has 0 radical (unpaired) electrons. The molecule has 0 aromatic heterocycles. The summed E-state index contributed by atoms with van der Waals surface area (Å²) >= 11 is 6.09. The van der Waals surface area contributed by atoms with Crippen molar-refractivity contribution in [1.82, 2.24) is 5.32 Å². The number of hydrogen-bond donors (Lipinski definition) is 2. The van der Waals surface area contributed by atoms with E-state index in [1.165, 1.54) is 13.2 Å². The summed E-state index contributed by atoms with van der Waals surface area (Å²) in [6.45, 7) is 1.57. The van der Waals surface area contributed by atoms with Crippen molar-refractivity contribution in [1.29, 1.82) is 0 Å². The van der Waals surface area contributed by atoms with Crippen molar-refractivity contribution in [3.05, 3.63) is 88.5 Å². The largest absolute Gasteiger partial charge is 0.493 e. The molecule has 4 rings (SSSR count). The fraction of sp³-hybridized carbons (Fsp3) is 0.111. The summed E-state index contributed by atoms with van der Waals surface area (Å²) in [6, 6.07) is 17.3. The predicted molar refractivity (Wildman–Crippen MR) is 139 cm³/mol. The maximum Gasteiger partial charge on any atom is 0.335 e. The molecule has 1 saturated heterocycles. The topological polar surface area (TPSA) is 114 Å². The maximum absolute atomic E-state index is 13.0. The van der Waals surface area contributed by atoms with E-state index in [0.29, 0.717) is 22.0 Å². The van der Waals surface area contributed by atoms with Gasteiger partial charge in [0, 0.05) is 10.7 Å². The first-order valence-corrected chi connectivity index (χ1v) is 11.5. The molecule has 0 aliphatic carbocycles. The number of carbonyl (C=O) groups excluding carboxylic acids is 4. The Hall–Kier alpha value is -4.63. The molecular weight excluding hydrogens is 498 g/mol. The molecule has 1 aliphatic heterocycles. The average molecular weight is 520 g/mol. The van der Waals surface area contributed by atoms with Gasteiger partial charge in [-0.25, -0.2) is 9.69 Å². The molecule has 9 nitrogen and oxygen atoms in total. The van der Waals surface area contributed by atoms with Gasteiger partial charge >= 0.3 is 6.03 Å². The number of ether oxygens (including phenoxy) is 2. The first kappa shape index (κ1) is 25.5. The fourth-order valence-corrected chi connectivity index (χ4v) is 3.72. The van der Waals surface area contributed by atoms with Crippen LogP contribution in [-0.4, -0.2) is 37.5 Å². The van der Waals surface area contributed by atoms with Crippen LogP contribution in [-0.2, 0) is 14.4 Å². The van der Waals surface area contributed by atoms with Crippen LogP contribution in [0.25, 0.3) is 6.08 Å². The minimum atomic E-state index is -0.828. The number of rotatable bonds is 7. The summed E-state index contributed by atoms with van der Waals surface area (Å²) in [5.74, 6) is -1.41. The van der Waals surface area contributed by atoms with Crippen LogP contribution in [0.4, 0.5) is 16.2 Å². The highest BCUT2D eigenvalue weighted by Gasteiger charge is 2.36. The van der Waals surface area contributed by atoms with Gasteiger partial charge in [-0.3, -0.25) is 19.7 Å². The van der Waals surface area contributed by atoms with Crippen molar-refractivity contribution in [3.8, 4) is 11.5 Å². The molecule has 5 amide bonds. The van der Waals surface area contributed by atoms with Crippen molar-refractivity contribution in [2.24, 2.45) is 0 Å². The van der Waals surface area contributed by atoms with Crippen LogP contribution in [0, 0.1) is 6.92 Å². The van der Waals surface area contributed by atoms with E-state index in [1.54, 1.807) is 66.7 Å². The molecule has 1 fully saturated rings. The normalized spacial score (nSPS) is 14.4. The third-order valence-electron chi connectivity index (χ3n) is 5.43. The zero-order valence-electron chi connectivity index (χ0n) is 19.9. The van der Waals surface area contributed by atoms with Crippen molar-refractivity contribution in [2.75, 3.05) is 23.9 Å². The van der Waals surface area contributed by atoms with Crippen molar-refractivity contribution >= 4 is 52.8 Å². The van der Waals surface area contributed by atoms with E-state index in [-0.39, 0.29) is 23.7 Å². The van der Waals surface area contributed by atoms with Crippen LogP contribution in [0.3, 0.4) is 0 Å². The minimum absolute atomic E-state index is 0.227. The molecule has 1 aliphatic rings. The zero-order valence-corrected chi connectivity index (χ0v) is 20.7. The highest BCUT2D eigenvalue weighted by molar-refractivity contribution is 6.39.